The lowest BCUT2D eigenvalue weighted by Gasteiger charge is -1.99. The van der Waals surface area contributed by atoms with Gasteiger partial charge in [0.25, 0.3) is 0 Å². The molecule has 0 N–H and O–H groups in total. The molecule has 0 saturated carbocycles. The van der Waals surface area contributed by atoms with Crippen molar-refractivity contribution in [2.24, 2.45) is 0 Å². The minimum Gasteiger partial charge on any atom is -0.298 e. The molecular formula is C10H7FN2O. The quantitative estimate of drug-likeness (QED) is 0.677. The number of hydrogen-bond acceptors (Lipinski definition) is 2. The highest BCUT2D eigenvalue weighted by molar-refractivity contribution is 5.75. The molecular weight excluding hydrogens is 183 g/mol. The van der Waals surface area contributed by atoms with E-state index >= 15 is 0 Å². The second-order valence-corrected chi connectivity index (χ2v) is 2.81. The van der Waals surface area contributed by atoms with Crippen molar-refractivity contribution in [3.8, 4) is 5.69 Å². The van der Waals surface area contributed by atoms with E-state index in [0.29, 0.717) is 5.56 Å². The zero-order valence-electron chi connectivity index (χ0n) is 7.22. The van der Waals surface area contributed by atoms with Gasteiger partial charge in [0, 0.05) is 5.56 Å². The van der Waals surface area contributed by atoms with Gasteiger partial charge in [-0.1, -0.05) is 0 Å². The van der Waals surface area contributed by atoms with Crippen LogP contribution in [0.2, 0.25) is 0 Å². The molecule has 0 fully saturated rings. The molecule has 0 radical (unpaired) electrons. The smallest absolute Gasteiger partial charge is 0.161 e. The highest BCUT2D eigenvalue weighted by Gasteiger charge is 1.99. The fraction of sp³-hybridized carbons (Fsp3) is 0. The van der Waals surface area contributed by atoms with Gasteiger partial charge >= 0.3 is 0 Å². The minimum absolute atomic E-state index is 0.385. The van der Waals surface area contributed by atoms with Gasteiger partial charge in [-0.3, -0.25) is 4.79 Å². The Hall–Kier alpha value is -1.97. The molecule has 14 heavy (non-hydrogen) atoms. The highest BCUT2D eigenvalue weighted by atomic mass is 19.1. The van der Waals surface area contributed by atoms with Gasteiger partial charge in [0.2, 0.25) is 0 Å². The van der Waals surface area contributed by atoms with E-state index in [1.165, 1.54) is 10.9 Å². The number of aromatic nitrogens is 2. The summed E-state index contributed by atoms with van der Waals surface area (Å²) in [5.74, 6) is -0.385. The van der Waals surface area contributed by atoms with Gasteiger partial charge in [-0.05, 0) is 24.3 Å². The Morgan fingerprint density at radius 3 is 2.50 bits per heavy atom. The SMILES string of the molecule is O=Cc1ccc(-n2cc(F)cn2)cc1. The number of aldehydes is 1. The molecule has 70 valence electrons. The Labute approximate surface area is 79.8 Å². The van der Waals surface area contributed by atoms with Gasteiger partial charge < -0.3 is 0 Å². The van der Waals surface area contributed by atoms with E-state index in [9.17, 15) is 9.18 Å². The van der Waals surface area contributed by atoms with Gasteiger partial charge in [0.05, 0.1) is 18.1 Å². The van der Waals surface area contributed by atoms with Crippen LogP contribution >= 0.6 is 0 Å². The van der Waals surface area contributed by atoms with E-state index in [1.54, 1.807) is 24.3 Å². The predicted octanol–water partition coefficient (Wildman–Crippen LogP) is 1.82. The number of carbonyl (C=O) groups is 1. The van der Waals surface area contributed by atoms with Gasteiger partial charge in [0.1, 0.15) is 6.29 Å². The third kappa shape index (κ3) is 1.54. The summed E-state index contributed by atoms with van der Waals surface area (Å²) in [4.78, 5) is 10.4. The fourth-order valence-electron chi connectivity index (χ4n) is 1.15. The molecule has 1 aromatic heterocycles. The van der Waals surface area contributed by atoms with Crippen LogP contribution in [0.25, 0.3) is 5.69 Å². The summed E-state index contributed by atoms with van der Waals surface area (Å²) in [6.45, 7) is 0. The summed E-state index contributed by atoms with van der Waals surface area (Å²) in [6, 6.07) is 6.72. The van der Waals surface area contributed by atoms with Gasteiger partial charge in [-0.2, -0.15) is 5.10 Å². The predicted molar refractivity (Wildman–Crippen MR) is 48.9 cm³/mol. The molecule has 1 heterocycles. The van der Waals surface area contributed by atoms with E-state index < -0.39 is 0 Å². The van der Waals surface area contributed by atoms with E-state index in [4.69, 9.17) is 0 Å². The largest absolute Gasteiger partial charge is 0.298 e. The molecule has 0 saturated heterocycles. The molecule has 0 aliphatic heterocycles. The number of halogens is 1. The zero-order valence-corrected chi connectivity index (χ0v) is 7.22. The number of hydrogen-bond donors (Lipinski definition) is 0. The van der Waals surface area contributed by atoms with Crippen molar-refractivity contribution < 1.29 is 9.18 Å². The monoisotopic (exact) mass is 190 g/mol. The van der Waals surface area contributed by atoms with E-state index in [0.717, 1.165) is 18.2 Å². The zero-order chi connectivity index (χ0) is 9.97. The summed E-state index contributed by atoms with van der Waals surface area (Å²) in [7, 11) is 0. The number of nitrogens with zero attached hydrogens (tertiary/aromatic N) is 2. The average Bonchev–Trinajstić information content (AvgIpc) is 2.65. The first-order valence-corrected chi connectivity index (χ1v) is 4.05. The van der Waals surface area contributed by atoms with Crippen molar-refractivity contribution in [2.45, 2.75) is 0 Å². The van der Waals surface area contributed by atoms with E-state index in [-0.39, 0.29) is 5.82 Å². The molecule has 4 heteroatoms. The Balaban J connectivity index is 2.38. The summed E-state index contributed by atoms with van der Waals surface area (Å²) in [6.07, 6.45) is 3.16. The van der Waals surface area contributed by atoms with Crippen LogP contribution in [0, 0.1) is 5.82 Å². The van der Waals surface area contributed by atoms with E-state index in [2.05, 4.69) is 5.10 Å². The Bertz CT molecular complexity index is 447. The molecule has 0 spiro atoms. The van der Waals surface area contributed by atoms with Gasteiger partial charge in [-0.15, -0.1) is 0 Å². The maximum Gasteiger partial charge on any atom is 0.161 e. The topological polar surface area (TPSA) is 34.9 Å². The van der Waals surface area contributed by atoms with Crippen molar-refractivity contribution in [3.63, 3.8) is 0 Å². The molecule has 3 nitrogen and oxygen atoms in total. The molecule has 1 aromatic carbocycles. The van der Waals surface area contributed by atoms with Gasteiger partial charge in [0.15, 0.2) is 5.82 Å². The number of carbonyl (C=O) groups excluding carboxylic acids is 1. The van der Waals surface area contributed by atoms with Crippen LogP contribution in [0.1, 0.15) is 10.4 Å². The highest BCUT2D eigenvalue weighted by Crippen LogP contribution is 2.08. The summed E-state index contributed by atoms with van der Waals surface area (Å²) in [5, 5.41) is 3.79. The second-order valence-electron chi connectivity index (χ2n) is 2.81. The second kappa shape index (κ2) is 3.41. The lowest BCUT2D eigenvalue weighted by Crippen LogP contribution is -1.93. The van der Waals surface area contributed by atoms with Crippen LogP contribution in [0.4, 0.5) is 4.39 Å². The molecule has 2 rings (SSSR count). The Morgan fingerprint density at radius 1 is 1.29 bits per heavy atom. The maximum atomic E-state index is 12.6. The third-order valence-corrected chi connectivity index (χ3v) is 1.84. The van der Waals surface area contributed by atoms with Gasteiger partial charge in [-0.25, -0.2) is 9.07 Å². The summed E-state index contributed by atoms with van der Waals surface area (Å²) in [5.41, 5.74) is 1.31. The van der Waals surface area contributed by atoms with Crippen molar-refractivity contribution in [2.75, 3.05) is 0 Å². The molecule has 0 bridgehead atoms. The molecule has 0 atom stereocenters. The first kappa shape index (κ1) is 8.62. The molecule has 0 aliphatic carbocycles. The van der Waals surface area contributed by atoms with Crippen molar-refractivity contribution in [3.05, 3.63) is 48.0 Å². The number of rotatable bonds is 2. The van der Waals surface area contributed by atoms with Crippen LogP contribution in [-0.2, 0) is 0 Å². The summed E-state index contributed by atoms with van der Waals surface area (Å²) < 4.78 is 14.0. The van der Waals surface area contributed by atoms with Crippen LogP contribution in [0.15, 0.2) is 36.7 Å². The Kier molecular flexibility index (Phi) is 2.10. The number of benzene rings is 1. The molecule has 2 aromatic rings. The molecule has 0 aliphatic rings. The van der Waals surface area contributed by atoms with Crippen LogP contribution < -0.4 is 0 Å². The first-order valence-electron chi connectivity index (χ1n) is 4.05. The van der Waals surface area contributed by atoms with Crippen LogP contribution in [0.5, 0.6) is 0 Å². The van der Waals surface area contributed by atoms with Crippen LogP contribution in [-0.4, -0.2) is 16.1 Å². The molecule has 0 amide bonds. The summed E-state index contributed by atoms with van der Waals surface area (Å²) >= 11 is 0. The average molecular weight is 190 g/mol. The maximum absolute atomic E-state index is 12.6. The van der Waals surface area contributed by atoms with E-state index in [1.807, 2.05) is 0 Å². The fourth-order valence-corrected chi connectivity index (χ4v) is 1.15. The standard InChI is InChI=1S/C10H7FN2O/c11-9-5-12-13(6-9)10-3-1-8(7-14)2-4-10/h1-7H. The first-order chi connectivity index (χ1) is 6.79. The van der Waals surface area contributed by atoms with Crippen molar-refractivity contribution in [1.29, 1.82) is 0 Å². The lowest BCUT2D eigenvalue weighted by molar-refractivity contribution is 0.112. The Morgan fingerprint density at radius 2 is 2.00 bits per heavy atom. The lowest BCUT2D eigenvalue weighted by atomic mass is 10.2. The minimum atomic E-state index is -0.385. The third-order valence-electron chi connectivity index (χ3n) is 1.84. The normalized spacial score (nSPS) is 10.1. The molecule has 0 unspecified atom stereocenters. The van der Waals surface area contributed by atoms with Crippen molar-refractivity contribution >= 4 is 6.29 Å². The van der Waals surface area contributed by atoms with Crippen LogP contribution in [0.3, 0.4) is 0 Å². The van der Waals surface area contributed by atoms with Crippen molar-refractivity contribution in [1.82, 2.24) is 9.78 Å².